The maximum absolute atomic E-state index is 13.0. The smallest absolute Gasteiger partial charge is 0.220 e. The topological polar surface area (TPSA) is 104 Å². The molecule has 1 aromatic heterocycles. The summed E-state index contributed by atoms with van der Waals surface area (Å²) in [6.07, 6.45) is 0.665. The van der Waals surface area contributed by atoms with Crippen molar-refractivity contribution in [1.82, 2.24) is 14.7 Å². The van der Waals surface area contributed by atoms with Crippen molar-refractivity contribution < 1.29 is 24.0 Å². The predicted molar refractivity (Wildman–Crippen MR) is 125 cm³/mol. The van der Waals surface area contributed by atoms with E-state index >= 15 is 0 Å². The number of hydrogen-bond acceptors (Lipinski definition) is 8. The number of piperazine rings is 1. The first-order chi connectivity index (χ1) is 17.1. The fourth-order valence-corrected chi connectivity index (χ4v) is 5.01. The van der Waals surface area contributed by atoms with Gasteiger partial charge in [-0.1, -0.05) is 24.3 Å². The molecule has 6 rings (SSSR count). The number of ketones is 2. The van der Waals surface area contributed by atoms with Gasteiger partial charge in [-0.25, -0.2) is 0 Å². The molecule has 0 bridgehead atoms. The number of hydrogen-bond donors (Lipinski definition) is 0. The summed E-state index contributed by atoms with van der Waals surface area (Å²) in [6.45, 7) is 5.78. The van der Waals surface area contributed by atoms with Gasteiger partial charge in [-0.3, -0.25) is 14.5 Å². The molecule has 2 aromatic carbocycles. The lowest BCUT2D eigenvalue weighted by Crippen LogP contribution is -2.47. The number of aromatic nitrogens is 3. The zero-order valence-electron chi connectivity index (χ0n) is 19.2. The number of nitrogens with zero attached hydrogens (tertiary/aromatic N) is 5. The molecule has 3 heterocycles. The van der Waals surface area contributed by atoms with Crippen molar-refractivity contribution in [3.8, 4) is 11.5 Å². The average Bonchev–Trinajstić information content (AvgIpc) is 3.24. The van der Waals surface area contributed by atoms with Crippen LogP contribution >= 0.6 is 0 Å². The van der Waals surface area contributed by atoms with E-state index in [1.165, 1.54) is 4.68 Å². The molecule has 0 saturated carbocycles. The van der Waals surface area contributed by atoms with Gasteiger partial charge in [0.2, 0.25) is 17.3 Å². The van der Waals surface area contributed by atoms with Crippen LogP contribution in [-0.4, -0.2) is 72.2 Å². The number of anilines is 1. The van der Waals surface area contributed by atoms with Crippen molar-refractivity contribution >= 4 is 17.3 Å². The summed E-state index contributed by atoms with van der Waals surface area (Å²) in [4.78, 5) is 30.8. The van der Waals surface area contributed by atoms with Crippen LogP contribution in [0.3, 0.4) is 0 Å². The van der Waals surface area contributed by atoms with E-state index < -0.39 is 0 Å². The summed E-state index contributed by atoms with van der Waals surface area (Å²) in [7, 11) is 0. The van der Waals surface area contributed by atoms with Crippen molar-refractivity contribution in [3.63, 3.8) is 0 Å². The fourth-order valence-electron chi connectivity index (χ4n) is 5.01. The molecule has 10 nitrogen and oxygen atoms in total. The van der Waals surface area contributed by atoms with E-state index in [0.717, 1.165) is 49.9 Å². The standard InChI is InChI=1S/C25H25N5O5/c31-24-18-4-1-2-5-19(18)25(32)23-22(24)26-30(33)29(23)9-3-8-27-10-12-28(13-11-27)17-6-7-20-21(16-17)35-15-14-34-20/h1-2,4-7,16H,3,8-15H2. The van der Waals surface area contributed by atoms with Gasteiger partial charge in [-0.2, -0.15) is 0 Å². The maximum atomic E-state index is 13.0. The molecule has 2 aliphatic heterocycles. The first kappa shape index (κ1) is 21.6. The van der Waals surface area contributed by atoms with Crippen molar-refractivity contribution in [2.24, 2.45) is 0 Å². The second-order valence-electron chi connectivity index (χ2n) is 8.89. The van der Waals surface area contributed by atoms with Crippen LogP contribution in [0.15, 0.2) is 42.5 Å². The number of carbonyl (C=O) groups is 2. The normalized spacial score (nSPS) is 17.3. The fraction of sp³-hybridized carbons (Fsp3) is 0.360. The van der Waals surface area contributed by atoms with Gasteiger partial charge in [-0.05, 0) is 18.6 Å². The summed E-state index contributed by atoms with van der Waals surface area (Å²) >= 11 is 0. The molecule has 0 atom stereocenters. The highest BCUT2D eigenvalue weighted by Crippen LogP contribution is 2.34. The third kappa shape index (κ3) is 3.79. The minimum atomic E-state index is -0.381. The summed E-state index contributed by atoms with van der Waals surface area (Å²) < 4.78 is 12.6. The quantitative estimate of drug-likeness (QED) is 0.314. The lowest BCUT2D eigenvalue weighted by molar-refractivity contribution is -0.749. The van der Waals surface area contributed by atoms with Gasteiger partial charge in [-0.15, -0.1) is 4.68 Å². The Hall–Kier alpha value is -3.92. The van der Waals surface area contributed by atoms with Crippen LogP contribution in [0.2, 0.25) is 0 Å². The largest absolute Gasteiger partial charge is 0.571 e. The molecule has 35 heavy (non-hydrogen) atoms. The molecule has 0 spiro atoms. The molecule has 180 valence electrons. The Balaban J connectivity index is 1.07. The average molecular weight is 476 g/mol. The summed E-state index contributed by atoms with van der Waals surface area (Å²) in [5.74, 6) is 0.875. The van der Waals surface area contributed by atoms with Crippen LogP contribution < -0.4 is 19.3 Å². The molecular weight excluding hydrogens is 450 g/mol. The Kier molecular flexibility index (Phi) is 5.37. The van der Waals surface area contributed by atoms with Gasteiger partial charge in [0.25, 0.3) is 0 Å². The second-order valence-corrected chi connectivity index (χ2v) is 8.89. The minimum absolute atomic E-state index is 0.0586. The third-order valence-electron chi connectivity index (χ3n) is 6.83. The Bertz CT molecular complexity index is 1310. The van der Waals surface area contributed by atoms with Crippen LogP contribution in [0, 0.1) is 5.21 Å². The number of carbonyl (C=O) groups excluding carboxylic acids is 2. The highest BCUT2D eigenvalue weighted by atomic mass is 16.6. The highest BCUT2D eigenvalue weighted by Gasteiger charge is 2.39. The molecule has 0 radical (unpaired) electrons. The molecule has 0 unspecified atom stereocenters. The van der Waals surface area contributed by atoms with Crippen molar-refractivity contribution in [3.05, 3.63) is 70.2 Å². The molecule has 1 aliphatic carbocycles. The Morgan fingerprint density at radius 3 is 2.37 bits per heavy atom. The molecule has 0 N–H and O–H groups in total. The number of fused-ring (bicyclic) bond motifs is 3. The summed E-state index contributed by atoms with van der Waals surface area (Å²) in [6, 6.07) is 12.7. The van der Waals surface area contributed by atoms with E-state index in [1.54, 1.807) is 24.3 Å². The molecular formula is C25H25N5O5. The van der Waals surface area contributed by atoms with E-state index in [-0.39, 0.29) is 23.0 Å². The Morgan fingerprint density at radius 2 is 1.60 bits per heavy atom. The molecule has 1 saturated heterocycles. The van der Waals surface area contributed by atoms with Gasteiger partial charge in [0.1, 0.15) is 13.2 Å². The highest BCUT2D eigenvalue weighted by molar-refractivity contribution is 6.26. The first-order valence-corrected chi connectivity index (χ1v) is 11.9. The SMILES string of the molecule is O=C1c2ccccc2C(=O)c2c1n[n+]([O-])n2CCCN1CCN(c2ccc3c(c2)OCCO3)CC1. The van der Waals surface area contributed by atoms with Crippen LogP contribution in [0.5, 0.6) is 11.5 Å². The van der Waals surface area contributed by atoms with Gasteiger partial charge >= 0.3 is 0 Å². The van der Waals surface area contributed by atoms with Crippen LogP contribution in [0.25, 0.3) is 0 Å². The summed E-state index contributed by atoms with van der Waals surface area (Å²) in [5, 5.41) is 16.3. The number of benzene rings is 2. The van der Waals surface area contributed by atoms with Gasteiger partial charge in [0.15, 0.2) is 17.2 Å². The van der Waals surface area contributed by atoms with Crippen LogP contribution in [0.4, 0.5) is 5.69 Å². The van der Waals surface area contributed by atoms with Crippen molar-refractivity contribution in [2.45, 2.75) is 13.0 Å². The van der Waals surface area contributed by atoms with E-state index in [1.807, 2.05) is 12.1 Å². The Labute approximate surface area is 201 Å². The maximum Gasteiger partial charge on any atom is 0.220 e. The minimum Gasteiger partial charge on any atom is -0.571 e. The zero-order chi connectivity index (χ0) is 23.9. The second kappa shape index (κ2) is 8.70. The van der Waals surface area contributed by atoms with Crippen LogP contribution in [-0.2, 0) is 6.54 Å². The van der Waals surface area contributed by atoms with Crippen molar-refractivity contribution in [2.75, 3.05) is 50.8 Å². The predicted octanol–water partition coefficient (Wildman–Crippen LogP) is 1.28. The van der Waals surface area contributed by atoms with Crippen LogP contribution in [0.1, 0.15) is 38.5 Å². The zero-order valence-corrected chi connectivity index (χ0v) is 19.2. The number of ether oxygens (including phenoxy) is 2. The van der Waals surface area contributed by atoms with E-state index in [9.17, 15) is 14.8 Å². The van der Waals surface area contributed by atoms with E-state index in [2.05, 4.69) is 21.0 Å². The molecule has 3 aliphatic rings. The van der Waals surface area contributed by atoms with E-state index in [4.69, 9.17) is 9.47 Å². The van der Waals surface area contributed by atoms with Crippen molar-refractivity contribution in [1.29, 1.82) is 0 Å². The lowest BCUT2D eigenvalue weighted by atomic mass is 9.90. The summed E-state index contributed by atoms with van der Waals surface area (Å²) in [5.41, 5.74) is 1.77. The molecule has 10 heteroatoms. The molecule has 1 fully saturated rings. The van der Waals surface area contributed by atoms with Gasteiger partial charge in [0, 0.05) is 65.7 Å². The van der Waals surface area contributed by atoms with Gasteiger partial charge in [0.05, 0.1) is 6.54 Å². The number of rotatable bonds is 5. The molecule has 0 amide bonds. The molecule has 3 aromatic rings. The van der Waals surface area contributed by atoms with Gasteiger partial charge < -0.3 is 19.6 Å². The monoisotopic (exact) mass is 475 g/mol. The Morgan fingerprint density at radius 1 is 0.886 bits per heavy atom. The lowest BCUT2D eigenvalue weighted by Gasteiger charge is -2.36. The first-order valence-electron chi connectivity index (χ1n) is 11.9. The van der Waals surface area contributed by atoms with E-state index in [0.29, 0.717) is 42.3 Å². The third-order valence-corrected chi connectivity index (χ3v) is 6.83.